The van der Waals surface area contributed by atoms with Gasteiger partial charge >= 0.3 is 12.1 Å². The van der Waals surface area contributed by atoms with Crippen molar-refractivity contribution in [2.24, 2.45) is 7.05 Å². The molecule has 4 heterocycles. The molecule has 5 rings (SSSR count). The summed E-state index contributed by atoms with van der Waals surface area (Å²) in [6, 6.07) is 3.78. The van der Waals surface area contributed by atoms with E-state index >= 15 is 0 Å². The van der Waals surface area contributed by atoms with Gasteiger partial charge in [-0.15, -0.1) is 0 Å². The van der Waals surface area contributed by atoms with Crippen LogP contribution in [-0.2, 0) is 20.0 Å². The minimum atomic E-state index is -0.428. The number of methoxy groups -OCH3 is 2. The molecule has 0 unspecified atom stereocenters. The van der Waals surface area contributed by atoms with Crippen LogP contribution in [0.5, 0.6) is 11.5 Å². The highest BCUT2D eigenvalue weighted by Crippen LogP contribution is 2.46. The maximum atomic E-state index is 13.7. The second kappa shape index (κ2) is 9.32. The molecule has 3 aliphatic heterocycles. The summed E-state index contributed by atoms with van der Waals surface area (Å²) < 4.78 is 12.9. The fraction of sp³-hybridized carbons (Fsp3) is 0.519. The Hall–Kier alpha value is -3.69. The maximum absolute atomic E-state index is 13.7. The average Bonchev–Trinajstić information content (AvgIpc) is 3.15. The van der Waals surface area contributed by atoms with Gasteiger partial charge in [-0.1, -0.05) is 6.08 Å². The van der Waals surface area contributed by atoms with Crippen LogP contribution < -0.4 is 14.8 Å². The fourth-order valence-electron chi connectivity index (χ4n) is 6.18. The van der Waals surface area contributed by atoms with E-state index in [0.717, 1.165) is 39.6 Å². The highest BCUT2D eigenvalue weighted by atomic mass is 16.5. The molecule has 3 aliphatic rings. The van der Waals surface area contributed by atoms with Crippen LogP contribution in [0.4, 0.5) is 15.3 Å². The van der Waals surface area contributed by atoms with E-state index in [0.29, 0.717) is 51.2 Å². The quantitative estimate of drug-likeness (QED) is 0.678. The summed E-state index contributed by atoms with van der Waals surface area (Å²) in [4.78, 5) is 32.6. The number of nitrogens with zero attached hydrogens (tertiary/aromatic N) is 5. The normalized spacial score (nSPS) is 18.4. The number of piperidine rings is 1. The third kappa shape index (κ3) is 3.89. The summed E-state index contributed by atoms with van der Waals surface area (Å²) >= 11 is 0. The van der Waals surface area contributed by atoms with Crippen molar-refractivity contribution in [3.05, 3.63) is 46.4 Å². The number of amides is 4. The van der Waals surface area contributed by atoms with Crippen LogP contribution in [0.15, 0.2) is 23.9 Å². The molecule has 0 saturated carbocycles. The number of urea groups is 2. The van der Waals surface area contributed by atoms with Gasteiger partial charge in [0.15, 0.2) is 0 Å². The third-order valence-corrected chi connectivity index (χ3v) is 8.24. The average molecular weight is 509 g/mol. The topological polar surface area (TPSA) is 92.2 Å². The molecule has 0 bridgehead atoms. The number of aryl methyl sites for hydroxylation is 2. The number of likely N-dealkylation sites (tertiary alicyclic amines) is 1. The van der Waals surface area contributed by atoms with Gasteiger partial charge in [0.2, 0.25) is 0 Å². The van der Waals surface area contributed by atoms with E-state index in [-0.39, 0.29) is 12.1 Å². The Bertz CT molecular complexity index is 1270. The lowest BCUT2D eigenvalue weighted by Gasteiger charge is -2.44. The Morgan fingerprint density at radius 2 is 1.89 bits per heavy atom. The van der Waals surface area contributed by atoms with Crippen molar-refractivity contribution in [2.75, 3.05) is 39.2 Å². The first-order chi connectivity index (χ1) is 17.7. The number of likely N-dealkylation sites (N-methyl/N-ethyl adjacent to an activating group) is 1. The molecule has 10 nitrogen and oxygen atoms in total. The van der Waals surface area contributed by atoms with Gasteiger partial charge in [-0.2, -0.15) is 5.10 Å². The number of carbonyl (C=O) groups is 2. The standard InChI is InChI=1S/C27H36N6O4/c1-7-33-26(35)32-16-19-14-20(36-5)15-22(37-6)21(19)8-9-23(32)27(33)10-12-31(13-11-27)25(34)28-24-17(2)29-30(4)18(24)3/h9,14-15H,7-8,10-13,16H2,1-6H3,(H,28,34). The number of carbonyl (C=O) groups excluding carboxylic acids is 2. The summed E-state index contributed by atoms with van der Waals surface area (Å²) in [5.74, 6) is 1.49. The molecule has 2 fully saturated rings. The van der Waals surface area contributed by atoms with Crippen molar-refractivity contribution in [2.45, 2.75) is 52.1 Å². The summed E-state index contributed by atoms with van der Waals surface area (Å²) in [6.45, 7) is 8.06. The van der Waals surface area contributed by atoms with Crippen LogP contribution in [0.2, 0.25) is 0 Å². The summed E-state index contributed by atoms with van der Waals surface area (Å²) in [5.41, 5.74) is 5.20. The summed E-state index contributed by atoms with van der Waals surface area (Å²) in [5, 5.41) is 7.46. The largest absolute Gasteiger partial charge is 0.497 e. The number of hydrogen-bond acceptors (Lipinski definition) is 5. The molecule has 10 heteroatoms. The Morgan fingerprint density at radius 3 is 2.49 bits per heavy atom. The number of fused-ring (bicyclic) bond motifs is 3. The van der Waals surface area contributed by atoms with Crippen molar-refractivity contribution in [3.63, 3.8) is 0 Å². The molecule has 0 atom stereocenters. The number of benzene rings is 1. The Morgan fingerprint density at radius 1 is 1.16 bits per heavy atom. The van der Waals surface area contributed by atoms with Gasteiger partial charge < -0.3 is 24.6 Å². The van der Waals surface area contributed by atoms with Crippen LogP contribution >= 0.6 is 0 Å². The first-order valence-electron chi connectivity index (χ1n) is 12.8. The number of allylic oxidation sites excluding steroid dienone is 1. The lowest BCUT2D eigenvalue weighted by atomic mass is 9.83. The van der Waals surface area contributed by atoms with Crippen molar-refractivity contribution in [1.82, 2.24) is 24.5 Å². The van der Waals surface area contributed by atoms with Crippen molar-refractivity contribution in [1.29, 1.82) is 0 Å². The summed E-state index contributed by atoms with van der Waals surface area (Å²) in [6.07, 6.45) is 4.23. The molecule has 1 aromatic heterocycles. The van der Waals surface area contributed by atoms with Crippen LogP contribution in [0.3, 0.4) is 0 Å². The van der Waals surface area contributed by atoms with E-state index in [1.165, 1.54) is 0 Å². The van der Waals surface area contributed by atoms with Crippen molar-refractivity contribution >= 4 is 17.7 Å². The molecule has 2 aromatic rings. The zero-order chi connectivity index (χ0) is 26.5. The predicted molar refractivity (Wildman–Crippen MR) is 140 cm³/mol. The first kappa shape index (κ1) is 25.0. The minimum Gasteiger partial charge on any atom is -0.497 e. The fourth-order valence-corrected chi connectivity index (χ4v) is 6.18. The zero-order valence-electron chi connectivity index (χ0n) is 22.6. The van der Waals surface area contributed by atoms with Crippen molar-refractivity contribution < 1.29 is 19.1 Å². The second-order valence-electron chi connectivity index (χ2n) is 9.99. The Labute approximate surface area is 217 Å². The van der Waals surface area contributed by atoms with E-state index in [4.69, 9.17) is 9.47 Å². The van der Waals surface area contributed by atoms with Crippen molar-refractivity contribution in [3.8, 4) is 11.5 Å². The van der Waals surface area contributed by atoms with Crippen LogP contribution in [0.25, 0.3) is 0 Å². The second-order valence-corrected chi connectivity index (χ2v) is 9.99. The lowest BCUT2D eigenvalue weighted by molar-refractivity contribution is 0.106. The van der Waals surface area contributed by atoms with Crippen LogP contribution in [0, 0.1) is 13.8 Å². The maximum Gasteiger partial charge on any atom is 0.325 e. The van der Waals surface area contributed by atoms with Gasteiger partial charge in [0.05, 0.1) is 43.4 Å². The number of anilines is 1. The van der Waals surface area contributed by atoms with Gasteiger partial charge in [-0.3, -0.25) is 9.58 Å². The minimum absolute atomic E-state index is 0.0166. The number of rotatable bonds is 4. The molecule has 1 aromatic carbocycles. The van der Waals surface area contributed by atoms with Crippen LogP contribution in [-0.4, -0.2) is 75.9 Å². The molecule has 1 spiro atoms. The van der Waals surface area contributed by atoms with Gasteiger partial charge in [0.1, 0.15) is 11.5 Å². The van der Waals surface area contributed by atoms with Gasteiger partial charge in [-0.25, -0.2) is 9.59 Å². The number of nitrogens with one attached hydrogen (secondary N) is 1. The van der Waals surface area contributed by atoms with Crippen LogP contribution in [0.1, 0.15) is 42.3 Å². The monoisotopic (exact) mass is 508 g/mol. The molecular formula is C27H36N6O4. The zero-order valence-corrected chi connectivity index (χ0v) is 22.6. The van der Waals surface area contributed by atoms with E-state index in [1.54, 1.807) is 18.9 Å². The summed E-state index contributed by atoms with van der Waals surface area (Å²) in [7, 11) is 5.17. The number of hydrogen-bond donors (Lipinski definition) is 1. The number of aromatic nitrogens is 2. The van der Waals surface area contributed by atoms with E-state index < -0.39 is 5.54 Å². The molecule has 198 valence electrons. The highest BCUT2D eigenvalue weighted by molar-refractivity contribution is 5.91. The Kier molecular flexibility index (Phi) is 6.29. The molecular weight excluding hydrogens is 472 g/mol. The third-order valence-electron chi connectivity index (χ3n) is 8.24. The SMILES string of the molecule is CCN1C(=O)N2Cc3cc(OC)cc(OC)c3CC=C2C12CCN(C(=O)Nc1c(C)nn(C)c1C)CC2. The van der Waals surface area contributed by atoms with Gasteiger partial charge in [0.25, 0.3) is 0 Å². The van der Waals surface area contributed by atoms with Gasteiger partial charge in [-0.05, 0) is 51.7 Å². The molecule has 0 aliphatic carbocycles. The molecule has 37 heavy (non-hydrogen) atoms. The predicted octanol–water partition coefficient (Wildman–Crippen LogP) is 3.82. The van der Waals surface area contributed by atoms with E-state index in [9.17, 15) is 9.59 Å². The lowest BCUT2D eigenvalue weighted by Crippen LogP contribution is -2.55. The van der Waals surface area contributed by atoms with E-state index in [2.05, 4.69) is 16.5 Å². The molecule has 4 amide bonds. The van der Waals surface area contributed by atoms with Gasteiger partial charge in [0, 0.05) is 44.0 Å². The molecule has 0 radical (unpaired) electrons. The molecule has 2 saturated heterocycles. The first-order valence-corrected chi connectivity index (χ1v) is 12.8. The molecule has 1 N–H and O–H groups in total. The highest BCUT2D eigenvalue weighted by Gasteiger charge is 2.54. The Balaban J connectivity index is 1.40. The van der Waals surface area contributed by atoms with E-state index in [1.807, 2.05) is 54.7 Å². The smallest absolute Gasteiger partial charge is 0.325 e. The number of ether oxygens (including phenoxy) is 2.